The van der Waals surface area contributed by atoms with Crippen LogP contribution in [0.15, 0.2) is 36.8 Å². The van der Waals surface area contributed by atoms with E-state index in [1.165, 1.54) is 6.07 Å². The van der Waals surface area contributed by atoms with Gasteiger partial charge in [0.15, 0.2) is 5.65 Å². The van der Waals surface area contributed by atoms with Crippen molar-refractivity contribution in [3.8, 4) is 0 Å². The lowest BCUT2D eigenvalue weighted by atomic mass is 10.1. The SMILES string of the molecule is O=C1CCCc2nc3c(cnn3Cc3ccccc3F)c3ncn1c23. The zero-order chi connectivity index (χ0) is 17.0. The number of hydrogen-bond donors (Lipinski definition) is 0. The molecule has 124 valence electrons. The summed E-state index contributed by atoms with van der Waals surface area (Å²) in [6.45, 7) is 0.299. The fraction of sp³-hybridized carbons (Fsp3) is 0.222. The monoisotopic (exact) mass is 335 g/mol. The fourth-order valence-electron chi connectivity index (χ4n) is 3.46. The third kappa shape index (κ3) is 2.08. The minimum absolute atomic E-state index is 0.0427. The number of fused-ring (bicyclic) bond motifs is 2. The molecule has 0 aliphatic carbocycles. The van der Waals surface area contributed by atoms with Gasteiger partial charge in [0.05, 0.1) is 29.3 Å². The molecule has 1 aliphatic heterocycles. The average molecular weight is 335 g/mol. The fourth-order valence-corrected chi connectivity index (χ4v) is 3.46. The van der Waals surface area contributed by atoms with Crippen LogP contribution >= 0.6 is 0 Å². The molecule has 0 N–H and O–H groups in total. The molecule has 7 heteroatoms. The van der Waals surface area contributed by atoms with Crippen LogP contribution in [0.5, 0.6) is 0 Å². The van der Waals surface area contributed by atoms with E-state index in [4.69, 9.17) is 4.98 Å². The number of hydrogen-bond acceptors (Lipinski definition) is 4. The topological polar surface area (TPSA) is 65.6 Å². The minimum atomic E-state index is -0.264. The number of carbonyl (C=O) groups is 1. The number of rotatable bonds is 2. The zero-order valence-corrected chi connectivity index (χ0v) is 13.3. The van der Waals surface area contributed by atoms with Crippen molar-refractivity contribution >= 4 is 28.0 Å². The molecule has 25 heavy (non-hydrogen) atoms. The van der Waals surface area contributed by atoms with E-state index in [0.717, 1.165) is 35.0 Å². The normalized spacial score (nSPS) is 14.4. The van der Waals surface area contributed by atoms with Gasteiger partial charge in [-0.1, -0.05) is 18.2 Å². The Morgan fingerprint density at radius 2 is 2.08 bits per heavy atom. The van der Waals surface area contributed by atoms with Crippen molar-refractivity contribution in [3.05, 3.63) is 53.9 Å². The molecule has 0 bridgehead atoms. The molecule has 0 fully saturated rings. The molecule has 4 heterocycles. The van der Waals surface area contributed by atoms with Crippen molar-refractivity contribution in [2.24, 2.45) is 0 Å². The highest BCUT2D eigenvalue weighted by molar-refractivity contribution is 6.05. The van der Waals surface area contributed by atoms with Gasteiger partial charge in [0, 0.05) is 12.0 Å². The largest absolute Gasteiger partial charge is 0.274 e. The van der Waals surface area contributed by atoms with Gasteiger partial charge in [0.1, 0.15) is 17.7 Å². The maximum Gasteiger partial charge on any atom is 0.232 e. The second-order valence-electron chi connectivity index (χ2n) is 6.25. The van der Waals surface area contributed by atoms with E-state index in [2.05, 4.69) is 10.1 Å². The van der Waals surface area contributed by atoms with Crippen molar-refractivity contribution in [1.82, 2.24) is 24.3 Å². The summed E-state index contributed by atoms with van der Waals surface area (Å²) >= 11 is 0. The van der Waals surface area contributed by atoms with E-state index in [1.807, 2.05) is 0 Å². The van der Waals surface area contributed by atoms with E-state index in [0.29, 0.717) is 24.2 Å². The maximum atomic E-state index is 14.0. The lowest BCUT2D eigenvalue weighted by Gasteiger charge is -2.06. The number of carbonyl (C=O) groups excluding carboxylic acids is 1. The number of halogens is 1. The Labute approximate surface area is 141 Å². The second-order valence-corrected chi connectivity index (χ2v) is 6.25. The molecule has 0 unspecified atom stereocenters. The Morgan fingerprint density at radius 3 is 2.96 bits per heavy atom. The van der Waals surface area contributed by atoms with Gasteiger partial charge in [0.2, 0.25) is 5.91 Å². The molecule has 0 radical (unpaired) electrons. The third-order valence-corrected chi connectivity index (χ3v) is 4.70. The first-order valence-corrected chi connectivity index (χ1v) is 8.20. The number of benzene rings is 1. The van der Waals surface area contributed by atoms with Crippen LogP contribution in [-0.4, -0.2) is 30.2 Å². The summed E-state index contributed by atoms with van der Waals surface area (Å²) in [4.78, 5) is 21.4. The van der Waals surface area contributed by atoms with Gasteiger partial charge < -0.3 is 0 Å². The second kappa shape index (κ2) is 5.20. The summed E-state index contributed by atoms with van der Waals surface area (Å²) in [5.74, 6) is -0.221. The smallest absolute Gasteiger partial charge is 0.232 e. The van der Waals surface area contributed by atoms with Gasteiger partial charge >= 0.3 is 0 Å². The highest BCUT2D eigenvalue weighted by Crippen LogP contribution is 2.29. The van der Waals surface area contributed by atoms with Crippen LogP contribution < -0.4 is 0 Å². The summed E-state index contributed by atoms with van der Waals surface area (Å²) in [5.41, 5.74) is 3.59. The average Bonchev–Trinajstić information content (AvgIpc) is 3.17. The Balaban J connectivity index is 1.73. The van der Waals surface area contributed by atoms with E-state index in [-0.39, 0.29) is 11.7 Å². The first-order valence-electron chi connectivity index (χ1n) is 8.20. The number of nitrogens with zero attached hydrogens (tertiary/aromatic N) is 5. The molecular formula is C18H14FN5O. The lowest BCUT2D eigenvalue weighted by molar-refractivity contribution is 0.0907. The summed E-state index contributed by atoms with van der Waals surface area (Å²) in [6, 6.07) is 6.65. The zero-order valence-electron chi connectivity index (χ0n) is 13.3. The predicted molar refractivity (Wildman–Crippen MR) is 89.9 cm³/mol. The number of aryl methyl sites for hydroxylation is 1. The molecule has 0 atom stereocenters. The van der Waals surface area contributed by atoms with Gasteiger partial charge in [-0.25, -0.2) is 19.0 Å². The molecule has 0 spiro atoms. The van der Waals surface area contributed by atoms with E-state index >= 15 is 0 Å². The molecule has 0 amide bonds. The maximum absolute atomic E-state index is 14.0. The highest BCUT2D eigenvalue weighted by atomic mass is 19.1. The molecule has 4 aromatic rings. The number of pyridine rings is 1. The van der Waals surface area contributed by atoms with Gasteiger partial charge in [-0.2, -0.15) is 5.10 Å². The summed E-state index contributed by atoms with van der Waals surface area (Å²) in [5, 5.41) is 5.16. The Bertz CT molecular complexity index is 1140. The first-order chi connectivity index (χ1) is 12.2. The minimum Gasteiger partial charge on any atom is -0.274 e. The van der Waals surface area contributed by atoms with E-state index in [1.54, 1.807) is 40.0 Å². The van der Waals surface area contributed by atoms with Gasteiger partial charge in [-0.3, -0.25) is 9.36 Å². The predicted octanol–water partition coefficient (Wildman–Crippen LogP) is 2.94. The Kier molecular flexibility index (Phi) is 2.97. The molecule has 0 saturated heterocycles. The van der Waals surface area contributed by atoms with Crippen molar-refractivity contribution in [1.29, 1.82) is 0 Å². The molecule has 5 rings (SSSR count). The Morgan fingerprint density at radius 1 is 1.20 bits per heavy atom. The van der Waals surface area contributed by atoms with Gasteiger partial charge in [-0.05, 0) is 18.9 Å². The van der Waals surface area contributed by atoms with Crippen LogP contribution in [0.4, 0.5) is 4.39 Å². The summed E-state index contributed by atoms with van der Waals surface area (Å²) < 4.78 is 17.3. The van der Waals surface area contributed by atoms with Crippen LogP contribution in [0.25, 0.3) is 22.1 Å². The van der Waals surface area contributed by atoms with Crippen LogP contribution in [0, 0.1) is 5.82 Å². The molecular weight excluding hydrogens is 321 g/mol. The van der Waals surface area contributed by atoms with Crippen molar-refractivity contribution in [3.63, 3.8) is 0 Å². The molecule has 3 aromatic heterocycles. The first kappa shape index (κ1) is 14.3. The summed E-state index contributed by atoms with van der Waals surface area (Å²) in [7, 11) is 0. The van der Waals surface area contributed by atoms with Crippen molar-refractivity contribution in [2.45, 2.75) is 25.8 Å². The lowest BCUT2D eigenvalue weighted by Crippen LogP contribution is -2.07. The van der Waals surface area contributed by atoms with E-state index in [9.17, 15) is 9.18 Å². The van der Waals surface area contributed by atoms with Gasteiger partial charge in [-0.15, -0.1) is 0 Å². The molecule has 6 nitrogen and oxygen atoms in total. The van der Waals surface area contributed by atoms with Crippen molar-refractivity contribution in [2.75, 3.05) is 0 Å². The van der Waals surface area contributed by atoms with E-state index < -0.39 is 0 Å². The number of aromatic nitrogens is 5. The standard InChI is InChI=1S/C18H14FN5O/c19-13-5-2-1-4-11(13)9-24-18-12(8-21-24)16-17-14(22-18)6-3-7-15(25)23(17)10-20-16/h1-2,4-5,8,10H,3,6-7,9H2. The third-order valence-electron chi connectivity index (χ3n) is 4.70. The van der Waals surface area contributed by atoms with Gasteiger partial charge in [0.25, 0.3) is 0 Å². The van der Waals surface area contributed by atoms with Crippen LogP contribution in [-0.2, 0) is 13.0 Å². The van der Waals surface area contributed by atoms with Crippen LogP contribution in [0.1, 0.15) is 28.9 Å². The van der Waals surface area contributed by atoms with Crippen LogP contribution in [0.3, 0.4) is 0 Å². The molecule has 1 aliphatic rings. The van der Waals surface area contributed by atoms with Crippen LogP contribution in [0.2, 0.25) is 0 Å². The molecule has 1 aromatic carbocycles. The highest BCUT2D eigenvalue weighted by Gasteiger charge is 2.22. The molecule has 0 saturated carbocycles. The summed E-state index contributed by atoms with van der Waals surface area (Å²) in [6.07, 6.45) is 5.22. The Hall–Kier alpha value is -3.09. The number of imidazole rings is 1. The quantitative estimate of drug-likeness (QED) is 0.565. The van der Waals surface area contributed by atoms with Crippen molar-refractivity contribution < 1.29 is 9.18 Å².